The maximum atomic E-state index is 12.9. The number of fused-ring (bicyclic) bond motifs is 1. The van der Waals surface area contributed by atoms with Crippen LogP contribution in [0.5, 0.6) is 11.6 Å². The molecule has 0 radical (unpaired) electrons. The van der Waals surface area contributed by atoms with Crippen molar-refractivity contribution in [3.63, 3.8) is 0 Å². The van der Waals surface area contributed by atoms with Crippen LogP contribution in [0, 0.1) is 13.8 Å². The Labute approximate surface area is 245 Å². The molecule has 1 amide bonds. The van der Waals surface area contributed by atoms with Crippen LogP contribution in [0.3, 0.4) is 0 Å². The summed E-state index contributed by atoms with van der Waals surface area (Å²) in [5.41, 5.74) is 3.06. The van der Waals surface area contributed by atoms with Crippen molar-refractivity contribution in [2.75, 3.05) is 30.3 Å². The Hall–Kier alpha value is -4.65. The monoisotopic (exact) mass is 596 g/mol. The van der Waals surface area contributed by atoms with E-state index in [1.54, 1.807) is 49.6 Å². The van der Waals surface area contributed by atoms with Gasteiger partial charge in [-0.3, -0.25) is 0 Å². The molecule has 226 valence electrons. The van der Waals surface area contributed by atoms with Gasteiger partial charge in [0.2, 0.25) is 11.8 Å². The standard InChI is InChI=1S/C30H31F3N6O4/c1-17-7-10-21-20(25(17)36-15-24(40)30(31,32)33)9-8-18(2)26(21)43-27-22(6-3-12-34-27)23-11-13-35-28(38-23)37-19-5-4-14-39(16-19)29(41)42/h3,6-13,19,24,36,40H,4-5,14-16H2,1-2H3,(H,41,42)(H,35,37,38)/t19?,24-/m0/s1. The third-order valence-electron chi connectivity index (χ3n) is 7.33. The predicted octanol–water partition coefficient (Wildman–Crippen LogP) is 5.99. The number of hydrogen-bond acceptors (Lipinski definition) is 8. The number of ether oxygens (including phenoxy) is 1. The number of anilines is 2. The molecule has 3 heterocycles. The summed E-state index contributed by atoms with van der Waals surface area (Å²) in [6, 6.07) is 12.3. The highest BCUT2D eigenvalue weighted by molar-refractivity contribution is 6.00. The molecule has 2 aromatic heterocycles. The Bertz CT molecular complexity index is 1630. The average Bonchev–Trinajstić information content (AvgIpc) is 2.98. The van der Waals surface area contributed by atoms with Crippen LogP contribution in [-0.2, 0) is 0 Å². The van der Waals surface area contributed by atoms with Crippen molar-refractivity contribution in [3.8, 4) is 22.9 Å². The molecule has 1 aliphatic heterocycles. The number of carbonyl (C=O) groups is 1. The summed E-state index contributed by atoms with van der Waals surface area (Å²) >= 11 is 0. The van der Waals surface area contributed by atoms with E-state index in [2.05, 4.69) is 25.6 Å². The summed E-state index contributed by atoms with van der Waals surface area (Å²) in [6.45, 7) is 3.75. The van der Waals surface area contributed by atoms with Crippen molar-refractivity contribution < 1.29 is 32.9 Å². The van der Waals surface area contributed by atoms with Gasteiger partial charge in [-0.15, -0.1) is 0 Å². The van der Waals surface area contributed by atoms with Crippen molar-refractivity contribution in [2.24, 2.45) is 0 Å². The van der Waals surface area contributed by atoms with Gasteiger partial charge in [0, 0.05) is 54.5 Å². The molecule has 1 unspecified atom stereocenters. The Balaban J connectivity index is 1.44. The zero-order valence-electron chi connectivity index (χ0n) is 23.5. The fourth-order valence-corrected chi connectivity index (χ4v) is 5.07. The summed E-state index contributed by atoms with van der Waals surface area (Å²) in [6.07, 6.45) is -3.52. The minimum atomic E-state index is -4.74. The number of aryl methyl sites for hydroxylation is 2. The summed E-state index contributed by atoms with van der Waals surface area (Å²) in [5.74, 6) is 1.08. The zero-order valence-corrected chi connectivity index (χ0v) is 23.5. The molecule has 1 fully saturated rings. The number of nitrogens with one attached hydrogen (secondary N) is 2. The van der Waals surface area contributed by atoms with Crippen molar-refractivity contribution >= 4 is 28.5 Å². The summed E-state index contributed by atoms with van der Waals surface area (Å²) in [7, 11) is 0. The van der Waals surface area contributed by atoms with Gasteiger partial charge in [0.15, 0.2) is 6.10 Å². The van der Waals surface area contributed by atoms with E-state index in [0.717, 1.165) is 18.4 Å². The third kappa shape index (κ3) is 6.72. The maximum Gasteiger partial charge on any atom is 0.416 e. The molecular weight excluding hydrogens is 565 g/mol. The average molecular weight is 597 g/mol. The second-order valence-electron chi connectivity index (χ2n) is 10.4. The van der Waals surface area contributed by atoms with Gasteiger partial charge in [-0.05, 0) is 56.0 Å². The van der Waals surface area contributed by atoms with Crippen molar-refractivity contribution in [2.45, 2.75) is 45.0 Å². The molecule has 5 rings (SSSR count). The highest BCUT2D eigenvalue weighted by atomic mass is 19.4. The van der Waals surface area contributed by atoms with Crippen LogP contribution in [0.4, 0.5) is 29.6 Å². The quantitative estimate of drug-likeness (QED) is 0.194. The Kier molecular flexibility index (Phi) is 8.53. The molecule has 1 saturated heterocycles. The Morgan fingerprint density at radius 2 is 1.86 bits per heavy atom. The lowest BCUT2D eigenvalue weighted by Crippen LogP contribution is -2.44. The Morgan fingerprint density at radius 3 is 2.63 bits per heavy atom. The number of pyridine rings is 1. The highest BCUT2D eigenvalue weighted by Crippen LogP contribution is 2.40. The van der Waals surface area contributed by atoms with Gasteiger partial charge in [-0.1, -0.05) is 24.3 Å². The molecule has 2 atom stereocenters. The van der Waals surface area contributed by atoms with Gasteiger partial charge in [-0.25, -0.2) is 19.7 Å². The molecule has 0 saturated carbocycles. The SMILES string of the molecule is Cc1ccc2c(Oc3ncccc3-c3ccnc(NC4CCCN(C(=O)O)C4)n3)c(C)ccc2c1NC[C@H](O)C(F)(F)F. The summed E-state index contributed by atoms with van der Waals surface area (Å²) in [4.78, 5) is 26.2. The normalized spacial score (nSPS) is 16.1. The van der Waals surface area contributed by atoms with Crippen molar-refractivity contribution in [1.29, 1.82) is 0 Å². The van der Waals surface area contributed by atoms with Gasteiger partial charge in [0.25, 0.3) is 0 Å². The van der Waals surface area contributed by atoms with Gasteiger partial charge in [0.05, 0.1) is 11.3 Å². The van der Waals surface area contributed by atoms with Gasteiger partial charge in [0.1, 0.15) is 5.75 Å². The first-order valence-electron chi connectivity index (χ1n) is 13.7. The van der Waals surface area contributed by atoms with E-state index in [4.69, 9.17) is 4.74 Å². The highest BCUT2D eigenvalue weighted by Gasteiger charge is 2.38. The van der Waals surface area contributed by atoms with Crippen LogP contribution >= 0.6 is 0 Å². The second kappa shape index (κ2) is 12.3. The molecule has 4 N–H and O–H groups in total. The van der Waals surface area contributed by atoms with E-state index in [0.29, 0.717) is 58.1 Å². The van der Waals surface area contributed by atoms with E-state index in [-0.39, 0.29) is 11.9 Å². The van der Waals surface area contributed by atoms with Crippen LogP contribution in [0.25, 0.3) is 22.0 Å². The van der Waals surface area contributed by atoms with E-state index in [9.17, 15) is 28.2 Å². The predicted molar refractivity (Wildman–Crippen MR) is 156 cm³/mol. The largest absolute Gasteiger partial charge is 0.465 e. The third-order valence-corrected chi connectivity index (χ3v) is 7.33. The second-order valence-corrected chi connectivity index (χ2v) is 10.4. The summed E-state index contributed by atoms with van der Waals surface area (Å²) in [5, 5.41) is 26.1. The van der Waals surface area contributed by atoms with E-state index in [1.807, 2.05) is 19.1 Å². The smallest absolute Gasteiger partial charge is 0.416 e. The van der Waals surface area contributed by atoms with Crippen LogP contribution in [0.15, 0.2) is 54.9 Å². The van der Waals surface area contributed by atoms with Gasteiger partial charge < -0.3 is 30.5 Å². The topological polar surface area (TPSA) is 133 Å². The first-order valence-corrected chi connectivity index (χ1v) is 13.7. The number of nitrogens with zero attached hydrogens (tertiary/aromatic N) is 4. The number of hydrogen-bond donors (Lipinski definition) is 4. The number of aliphatic hydroxyl groups excluding tert-OH is 1. The molecule has 10 nitrogen and oxygen atoms in total. The van der Waals surface area contributed by atoms with Crippen LogP contribution in [0.1, 0.15) is 24.0 Å². The molecule has 43 heavy (non-hydrogen) atoms. The van der Waals surface area contributed by atoms with Crippen molar-refractivity contribution in [3.05, 3.63) is 66.0 Å². The minimum absolute atomic E-state index is 0.133. The first-order chi connectivity index (χ1) is 20.5. The van der Waals surface area contributed by atoms with Crippen molar-refractivity contribution in [1.82, 2.24) is 19.9 Å². The zero-order chi connectivity index (χ0) is 30.7. The number of likely N-dealkylation sites (tertiary alicyclic amines) is 1. The Morgan fingerprint density at radius 1 is 1.09 bits per heavy atom. The van der Waals surface area contributed by atoms with Gasteiger partial charge >= 0.3 is 12.3 Å². The molecular formula is C30H31F3N6O4. The number of aliphatic hydroxyl groups is 1. The molecule has 0 spiro atoms. The minimum Gasteiger partial charge on any atom is -0.465 e. The molecule has 0 aliphatic carbocycles. The number of alkyl halides is 3. The van der Waals surface area contributed by atoms with E-state index >= 15 is 0 Å². The van der Waals surface area contributed by atoms with Crippen LogP contribution in [-0.4, -0.2) is 74.1 Å². The first kappa shape index (κ1) is 29.8. The molecule has 4 aromatic rings. The number of amides is 1. The number of carboxylic acid groups (broad SMARTS) is 1. The molecule has 13 heteroatoms. The number of rotatable bonds is 8. The van der Waals surface area contributed by atoms with E-state index in [1.165, 1.54) is 4.90 Å². The lowest BCUT2D eigenvalue weighted by molar-refractivity contribution is -0.198. The van der Waals surface area contributed by atoms with Crippen LogP contribution < -0.4 is 15.4 Å². The lowest BCUT2D eigenvalue weighted by Gasteiger charge is -2.31. The van der Waals surface area contributed by atoms with Crippen LogP contribution in [0.2, 0.25) is 0 Å². The van der Waals surface area contributed by atoms with Gasteiger partial charge in [-0.2, -0.15) is 13.2 Å². The van der Waals surface area contributed by atoms with E-state index < -0.39 is 24.9 Å². The molecule has 1 aliphatic rings. The lowest BCUT2D eigenvalue weighted by atomic mass is 10.0. The number of benzene rings is 2. The summed E-state index contributed by atoms with van der Waals surface area (Å²) < 4.78 is 45.2. The molecule has 0 bridgehead atoms. The fraction of sp³-hybridized carbons (Fsp3) is 0.333. The maximum absolute atomic E-state index is 12.9. The number of halogens is 3. The number of piperidine rings is 1. The number of aromatic nitrogens is 3. The fourth-order valence-electron chi connectivity index (χ4n) is 5.07. The molecule has 2 aromatic carbocycles.